The Labute approximate surface area is 296 Å². The van der Waals surface area contributed by atoms with Gasteiger partial charge in [-0.1, -0.05) is 90.1 Å². The molecule has 258 valence electrons. The Kier molecular flexibility index (Phi) is 28.8. The molecular formula is C36H66Cl4N4. The van der Waals surface area contributed by atoms with E-state index in [1.54, 1.807) is 0 Å². The standard InChI is InChI=1S/C36H62N4.4ClH/c1-35(2,3)32-20-16-30(17-21-32)12-7-14-34(40-29-11-28-39-27-10-26-38-25-9-24-37)15-8-13-31-18-22-33(23-19-31)36(4,5)6;;;;/h16-23,34,38-40H,7-15,24-29,37H2,1-6H3;4*1H. The van der Waals surface area contributed by atoms with Crippen LogP contribution >= 0.6 is 49.6 Å². The number of aryl methyl sites for hydroxylation is 2. The van der Waals surface area contributed by atoms with Gasteiger partial charge in [-0.2, -0.15) is 0 Å². The van der Waals surface area contributed by atoms with Crippen LogP contribution in [0.2, 0.25) is 0 Å². The van der Waals surface area contributed by atoms with Crippen molar-refractivity contribution in [2.75, 3.05) is 39.3 Å². The summed E-state index contributed by atoms with van der Waals surface area (Å²) in [4.78, 5) is 0. The van der Waals surface area contributed by atoms with Crippen LogP contribution in [-0.2, 0) is 23.7 Å². The van der Waals surface area contributed by atoms with Crippen molar-refractivity contribution in [3.05, 3.63) is 70.8 Å². The summed E-state index contributed by atoms with van der Waals surface area (Å²) < 4.78 is 0. The molecule has 2 aromatic carbocycles. The maximum Gasteiger partial charge on any atom is 0.00672 e. The number of hydrogen-bond acceptors (Lipinski definition) is 4. The van der Waals surface area contributed by atoms with Gasteiger partial charge in [0.1, 0.15) is 0 Å². The Morgan fingerprint density at radius 3 is 1.25 bits per heavy atom. The summed E-state index contributed by atoms with van der Waals surface area (Å²) in [5.74, 6) is 0. The molecule has 4 nitrogen and oxygen atoms in total. The van der Waals surface area contributed by atoms with Crippen LogP contribution in [0.15, 0.2) is 48.5 Å². The first kappa shape index (κ1) is 47.8. The molecule has 0 aliphatic carbocycles. The molecule has 2 aromatic rings. The van der Waals surface area contributed by atoms with Gasteiger partial charge in [0, 0.05) is 6.04 Å². The first-order valence-electron chi connectivity index (χ1n) is 16.1. The third-order valence-electron chi connectivity index (χ3n) is 7.90. The predicted molar refractivity (Wildman–Crippen MR) is 206 cm³/mol. The van der Waals surface area contributed by atoms with Crippen LogP contribution in [0.1, 0.15) is 109 Å². The Morgan fingerprint density at radius 2 is 0.886 bits per heavy atom. The van der Waals surface area contributed by atoms with Gasteiger partial charge in [0.05, 0.1) is 0 Å². The highest BCUT2D eigenvalue weighted by molar-refractivity contribution is 5.86. The van der Waals surface area contributed by atoms with Gasteiger partial charge < -0.3 is 21.7 Å². The second-order valence-corrected chi connectivity index (χ2v) is 13.7. The molecule has 0 heterocycles. The first-order valence-corrected chi connectivity index (χ1v) is 16.1. The molecule has 0 spiro atoms. The number of hydrogen-bond donors (Lipinski definition) is 4. The van der Waals surface area contributed by atoms with Gasteiger partial charge in [0.25, 0.3) is 0 Å². The maximum atomic E-state index is 5.54. The molecule has 0 atom stereocenters. The highest BCUT2D eigenvalue weighted by Crippen LogP contribution is 2.24. The van der Waals surface area contributed by atoms with E-state index in [1.165, 1.54) is 60.8 Å². The van der Waals surface area contributed by atoms with E-state index >= 15 is 0 Å². The van der Waals surface area contributed by atoms with E-state index in [4.69, 9.17) is 5.73 Å². The highest BCUT2D eigenvalue weighted by Gasteiger charge is 2.14. The van der Waals surface area contributed by atoms with Gasteiger partial charge in [-0.25, -0.2) is 0 Å². The lowest BCUT2D eigenvalue weighted by atomic mass is 9.86. The van der Waals surface area contributed by atoms with E-state index in [2.05, 4.69) is 106 Å². The first-order chi connectivity index (χ1) is 19.1. The van der Waals surface area contributed by atoms with Crippen LogP contribution in [-0.4, -0.2) is 45.3 Å². The topological polar surface area (TPSA) is 62.1 Å². The van der Waals surface area contributed by atoms with E-state index in [9.17, 15) is 0 Å². The minimum absolute atomic E-state index is 0. The van der Waals surface area contributed by atoms with Gasteiger partial charge in [0.15, 0.2) is 0 Å². The molecule has 0 aromatic heterocycles. The van der Waals surface area contributed by atoms with E-state index < -0.39 is 0 Å². The van der Waals surface area contributed by atoms with Gasteiger partial charge in [-0.15, -0.1) is 49.6 Å². The smallest absolute Gasteiger partial charge is 0.00672 e. The number of nitrogens with one attached hydrogen (secondary N) is 3. The second-order valence-electron chi connectivity index (χ2n) is 13.7. The summed E-state index contributed by atoms with van der Waals surface area (Å²) in [5, 5.41) is 11.0. The van der Waals surface area contributed by atoms with Gasteiger partial charge >= 0.3 is 0 Å². The molecule has 2 rings (SSSR count). The Bertz CT molecular complexity index is 846. The average Bonchev–Trinajstić information content (AvgIpc) is 2.91. The van der Waals surface area contributed by atoms with Crippen LogP contribution in [0.25, 0.3) is 0 Å². The lowest BCUT2D eigenvalue weighted by molar-refractivity contribution is 0.424. The summed E-state index contributed by atoms with van der Waals surface area (Å²) in [6.45, 7) is 19.9. The molecule has 0 saturated carbocycles. The Hall–Kier alpha value is -0.560. The van der Waals surface area contributed by atoms with Crippen LogP contribution in [0.4, 0.5) is 0 Å². The SMILES string of the molecule is CC(C)(C)c1ccc(CCCC(CCCc2ccc(C(C)(C)C)cc2)NCCCNCCCNCCCN)cc1.Cl.Cl.Cl.Cl. The molecule has 0 bridgehead atoms. The van der Waals surface area contributed by atoms with E-state index in [1.807, 2.05) is 0 Å². The fourth-order valence-electron chi connectivity index (χ4n) is 5.13. The average molecular weight is 697 g/mol. The predicted octanol–water partition coefficient (Wildman–Crippen LogP) is 8.58. The van der Waals surface area contributed by atoms with Crippen LogP contribution < -0.4 is 21.7 Å². The zero-order chi connectivity index (χ0) is 29.3. The highest BCUT2D eigenvalue weighted by atomic mass is 35.5. The van der Waals surface area contributed by atoms with E-state index in [-0.39, 0.29) is 60.5 Å². The molecule has 0 amide bonds. The van der Waals surface area contributed by atoms with Crippen molar-refractivity contribution in [3.8, 4) is 0 Å². The lowest BCUT2D eigenvalue weighted by Crippen LogP contribution is -2.32. The number of nitrogens with two attached hydrogens (primary N) is 1. The van der Waals surface area contributed by atoms with Crippen LogP contribution in [0.5, 0.6) is 0 Å². The fourth-order valence-corrected chi connectivity index (χ4v) is 5.13. The fraction of sp³-hybridized carbons (Fsp3) is 0.667. The minimum Gasteiger partial charge on any atom is -0.330 e. The molecule has 44 heavy (non-hydrogen) atoms. The summed E-state index contributed by atoms with van der Waals surface area (Å²) in [5.41, 5.74) is 11.7. The molecule has 0 aliphatic heterocycles. The van der Waals surface area contributed by atoms with Crippen LogP contribution in [0, 0.1) is 0 Å². The molecule has 0 aliphatic rings. The number of halogens is 4. The molecular weight excluding hydrogens is 630 g/mol. The third-order valence-corrected chi connectivity index (χ3v) is 7.90. The summed E-state index contributed by atoms with van der Waals surface area (Å²) in [6.07, 6.45) is 10.7. The number of benzene rings is 2. The molecule has 5 N–H and O–H groups in total. The lowest BCUT2D eigenvalue weighted by Gasteiger charge is -2.21. The second kappa shape index (κ2) is 26.5. The van der Waals surface area contributed by atoms with Crippen LogP contribution in [0.3, 0.4) is 0 Å². The van der Waals surface area contributed by atoms with Crippen molar-refractivity contribution < 1.29 is 0 Å². The summed E-state index contributed by atoms with van der Waals surface area (Å²) >= 11 is 0. The molecule has 8 heteroatoms. The largest absolute Gasteiger partial charge is 0.330 e. The molecule has 0 saturated heterocycles. The van der Waals surface area contributed by atoms with E-state index in [0.29, 0.717) is 6.04 Å². The van der Waals surface area contributed by atoms with Crippen molar-refractivity contribution >= 4 is 49.6 Å². The number of rotatable bonds is 20. The van der Waals surface area contributed by atoms with Crippen molar-refractivity contribution in [2.24, 2.45) is 5.73 Å². The zero-order valence-electron chi connectivity index (χ0n) is 28.5. The quantitative estimate of drug-likeness (QED) is 0.105. The van der Waals surface area contributed by atoms with Gasteiger partial charge in [-0.05, 0) is 130 Å². The maximum absolute atomic E-state index is 5.54. The van der Waals surface area contributed by atoms with Gasteiger partial charge in [0.2, 0.25) is 0 Å². The van der Waals surface area contributed by atoms with Gasteiger partial charge in [-0.3, -0.25) is 0 Å². The summed E-state index contributed by atoms with van der Waals surface area (Å²) in [7, 11) is 0. The minimum atomic E-state index is 0. The zero-order valence-corrected chi connectivity index (χ0v) is 31.8. The Balaban J connectivity index is -0.00000420. The Morgan fingerprint density at radius 1 is 0.523 bits per heavy atom. The van der Waals surface area contributed by atoms with Crippen molar-refractivity contribution in [2.45, 2.75) is 116 Å². The third kappa shape index (κ3) is 21.3. The monoisotopic (exact) mass is 694 g/mol. The normalized spacial score (nSPS) is 11.3. The summed E-state index contributed by atoms with van der Waals surface area (Å²) in [6, 6.07) is 19.2. The van der Waals surface area contributed by atoms with E-state index in [0.717, 1.165) is 58.5 Å². The van der Waals surface area contributed by atoms with Crippen molar-refractivity contribution in [3.63, 3.8) is 0 Å². The molecule has 0 radical (unpaired) electrons. The van der Waals surface area contributed by atoms with Crippen molar-refractivity contribution in [1.29, 1.82) is 0 Å². The van der Waals surface area contributed by atoms with Crippen molar-refractivity contribution in [1.82, 2.24) is 16.0 Å². The molecule has 0 fully saturated rings. The molecule has 0 unspecified atom stereocenters.